The Hall–Kier alpha value is -0.930. The van der Waals surface area contributed by atoms with Gasteiger partial charge in [-0.2, -0.15) is 0 Å². The molecular weight excluding hydrogens is 239 g/mol. The first-order valence-electron chi connectivity index (χ1n) is 7.14. The smallest absolute Gasteiger partial charge is 0.123 e. The van der Waals surface area contributed by atoms with Crippen molar-refractivity contribution < 1.29 is 4.39 Å². The number of halogens is 1. The summed E-state index contributed by atoms with van der Waals surface area (Å²) in [6.45, 7) is 7.20. The van der Waals surface area contributed by atoms with Crippen LogP contribution in [0.1, 0.15) is 39.2 Å². The fourth-order valence-corrected chi connectivity index (χ4v) is 2.66. The SMILES string of the molecule is CCC(CC)N(C)C(C)(CN)Cc1ccc(F)cc1. The third-order valence-electron chi connectivity index (χ3n) is 4.28. The van der Waals surface area contributed by atoms with Crippen molar-refractivity contribution in [2.75, 3.05) is 13.6 Å². The monoisotopic (exact) mass is 266 g/mol. The fraction of sp³-hybridized carbons (Fsp3) is 0.625. The second-order valence-electron chi connectivity index (χ2n) is 5.59. The Morgan fingerprint density at radius 2 is 1.74 bits per heavy atom. The Balaban J connectivity index is 2.87. The molecule has 0 saturated heterocycles. The third kappa shape index (κ3) is 4.02. The van der Waals surface area contributed by atoms with E-state index in [4.69, 9.17) is 5.73 Å². The Morgan fingerprint density at radius 3 is 2.16 bits per heavy atom. The van der Waals surface area contributed by atoms with Crippen LogP contribution < -0.4 is 5.73 Å². The molecule has 1 aromatic rings. The van der Waals surface area contributed by atoms with Crippen LogP contribution in [0.15, 0.2) is 24.3 Å². The van der Waals surface area contributed by atoms with E-state index in [1.165, 1.54) is 12.1 Å². The predicted molar refractivity (Wildman–Crippen MR) is 79.7 cm³/mol. The van der Waals surface area contributed by atoms with Crippen molar-refractivity contribution in [3.63, 3.8) is 0 Å². The topological polar surface area (TPSA) is 29.3 Å². The van der Waals surface area contributed by atoms with E-state index in [-0.39, 0.29) is 11.4 Å². The Bertz CT molecular complexity index is 373. The molecule has 3 heteroatoms. The van der Waals surface area contributed by atoms with Gasteiger partial charge in [-0.05, 0) is 50.9 Å². The molecule has 1 unspecified atom stereocenters. The summed E-state index contributed by atoms with van der Waals surface area (Å²) in [7, 11) is 2.15. The number of likely N-dealkylation sites (N-methyl/N-ethyl adjacent to an activating group) is 1. The van der Waals surface area contributed by atoms with E-state index in [2.05, 4.69) is 32.7 Å². The number of nitrogens with zero attached hydrogens (tertiary/aromatic N) is 1. The van der Waals surface area contributed by atoms with E-state index in [9.17, 15) is 4.39 Å². The molecule has 2 nitrogen and oxygen atoms in total. The summed E-state index contributed by atoms with van der Waals surface area (Å²) in [4.78, 5) is 2.39. The van der Waals surface area contributed by atoms with E-state index >= 15 is 0 Å². The molecule has 0 aliphatic carbocycles. The molecule has 1 atom stereocenters. The molecule has 19 heavy (non-hydrogen) atoms. The van der Waals surface area contributed by atoms with Crippen LogP contribution in [0, 0.1) is 5.82 Å². The van der Waals surface area contributed by atoms with Gasteiger partial charge in [-0.3, -0.25) is 4.90 Å². The third-order valence-corrected chi connectivity index (χ3v) is 4.28. The van der Waals surface area contributed by atoms with Crippen LogP contribution in [-0.4, -0.2) is 30.1 Å². The minimum Gasteiger partial charge on any atom is -0.329 e. The number of nitrogens with two attached hydrogens (primary N) is 1. The molecule has 0 aromatic heterocycles. The summed E-state index contributed by atoms with van der Waals surface area (Å²) in [5, 5.41) is 0. The molecular formula is C16H27FN2. The lowest BCUT2D eigenvalue weighted by molar-refractivity contribution is 0.0867. The number of benzene rings is 1. The Labute approximate surface area is 116 Å². The van der Waals surface area contributed by atoms with Crippen LogP contribution in [0.25, 0.3) is 0 Å². The molecule has 0 fully saturated rings. The number of hydrogen-bond acceptors (Lipinski definition) is 2. The first kappa shape index (κ1) is 16.1. The summed E-state index contributed by atoms with van der Waals surface area (Å²) >= 11 is 0. The maximum atomic E-state index is 13.0. The fourth-order valence-electron chi connectivity index (χ4n) is 2.66. The van der Waals surface area contributed by atoms with Gasteiger partial charge in [-0.15, -0.1) is 0 Å². The van der Waals surface area contributed by atoms with Crippen molar-refractivity contribution >= 4 is 0 Å². The second-order valence-corrected chi connectivity index (χ2v) is 5.59. The Kier molecular flexibility index (Phi) is 5.95. The standard InChI is InChI=1S/C16H27FN2/c1-5-15(6-2)19(4)16(3,12-18)11-13-7-9-14(17)10-8-13/h7-10,15H,5-6,11-12,18H2,1-4H3. The van der Waals surface area contributed by atoms with Crippen molar-refractivity contribution in [1.29, 1.82) is 0 Å². The van der Waals surface area contributed by atoms with Crippen LogP contribution >= 0.6 is 0 Å². The summed E-state index contributed by atoms with van der Waals surface area (Å²) in [5.74, 6) is -0.188. The summed E-state index contributed by atoms with van der Waals surface area (Å²) in [6.07, 6.45) is 3.08. The van der Waals surface area contributed by atoms with Crippen LogP contribution in [0.2, 0.25) is 0 Å². The molecule has 0 aliphatic heterocycles. The molecule has 0 radical (unpaired) electrons. The Morgan fingerprint density at radius 1 is 1.21 bits per heavy atom. The number of rotatable bonds is 7. The first-order chi connectivity index (χ1) is 8.96. The van der Waals surface area contributed by atoms with Crippen LogP contribution in [0.3, 0.4) is 0 Å². The minimum absolute atomic E-state index is 0.0888. The highest BCUT2D eigenvalue weighted by atomic mass is 19.1. The zero-order valence-electron chi connectivity index (χ0n) is 12.6. The summed E-state index contributed by atoms with van der Waals surface area (Å²) in [6, 6.07) is 7.27. The van der Waals surface area contributed by atoms with Gasteiger partial charge in [0.1, 0.15) is 5.82 Å². The van der Waals surface area contributed by atoms with Crippen LogP contribution in [0.5, 0.6) is 0 Å². The predicted octanol–water partition coefficient (Wildman–Crippen LogP) is 3.21. The van der Waals surface area contributed by atoms with Crippen molar-refractivity contribution in [1.82, 2.24) is 4.90 Å². The second kappa shape index (κ2) is 7.01. The average molecular weight is 266 g/mol. The molecule has 2 N–H and O–H groups in total. The van der Waals surface area contributed by atoms with Crippen LogP contribution in [-0.2, 0) is 6.42 Å². The van der Waals surface area contributed by atoms with Crippen molar-refractivity contribution in [3.8, 4) is 0 Å². The lowest BCUT2D eigenvalue weighted by Gasteiger charge is -2.43. The van der Waals surface area contributed by atoms with Gasteiger partial charge in [-0.1, -0.05) is 26.0 Å². The molecule has 0 aliphatic rings. The molecule has 0 saturated carbocycles. The molecule has 1 aromatic carbocycles. The molecule has 0 heterocycles. The molecule has 108 valence electrons. The van der Waals surface area contributed by atoms with Gasteiger partial charge in [0.15, 0.2) is 0 Å². The summed E-state index contributed by atoms with van der Waals surface area (Å²) < 4.78 is 13.0. The minimum atomic E-state index is -0.188. The van der Waals surface area contributed by atoms with Gasteiger partial charge in [0.2, 0.25) is 0 Å². The molecule has 0 amide bonds. The van der Waals surface area contributed by atoms with Crippen molar-refractivity contribution in [2.45, 2.75) is 51.6 Å². The normalized spacial score (nSPS) is 14.9. The summed E-state index contributed by atoms with van der Waals surface area (Å²) in [5.41, 5.74) is 7.06. The van der Waals surface area contributed by atoms with E-state index in [1.807, 2.05) is 12.1 Å². The van der Waals surface area contributed by atoms with Crippen molar-refractivity contribution in [2.24, 2.45) is 5.73 Å². The van der Waals surface area contributed by atoms with E-state index in [0.29, 0.717) is 12.6 Å². The van der Waals surface area contributed by atoms with E-state index < -0.39 is 0 Å². The highest BCUT2D eigenvalue weighted by molar-refractivity contribution is 5.19. The van der Waals surface area contributed by atoms with Gasteiger partial charge in [-0.25, -0.2) is 4.39 Å². The van der Waals surface area contributed by atoms with Gasteiger partial charge in [0.05, 0.1) is 0 Å². The first-order valence-corrected chi connectivity index (χ1v) is 7.14. The van der Waals surface area contributed by atoms with E-state index in [1.54, 1.807) is 0 Å². The highest BCUT2D eigenvalue weighted by Crippen LogP contribution is 2.23. The van der Waals surface area contributed by atoms with Gasteiger partial charge >= 0.3 is 0 Å². The largest absolute Gasteiger partial charge is 0.329 e. The van der Waals surface area contributed by atoms with E-state index in [0.717, 1.165) is 24.8 Å². The maximum absolute atomic E-state index is 13.0. The molecule has 1 rings (SSSR count). The van der Waals surface area contributed by atoms with Gasteiger partial charge < -0.3 is 5.73 Å². The quantitative estimate of drug-likeness (QED) is 0.821. The lowest BCUT2D eigenvalue weighted by Crippen LogP contribution is -2.55. The zero-order chi connectivity index (χ0) is 14.5. The zero-order valence-corrected chi connectivity index (χ0v) is 12.6. The van der Waals surface area contributed by atoms with Gasteiger partial charge in [0.25, 0.3) is 0 Å². The molecule has 0 bridgehead atoms. The van der Waals surface area contributed by atoms with Crippen LogP contribution in [0.4, 0.5) is 4.39 Å². The number of hydrogen-bond donors (Lipinski definition) is 1. The highest BCUT2D eigenvalue weighted by Gasteiger charge is 2.31. The molecule has 0 spiro atoms. The maximum Gasteiger partial charge on any atom is 0.123 e. The lowest BCUT2D eigenvalue weighted by atomic mass is 9.89. The average Bonchev–Trinajstić information content (AvgIpc) is 2.42. The van der Waals surface area contributed by atoms with Crippen molar-refractivity contribution in [3.05, 3.63) is 35.6 Å². The van der Waals surface area contributed by atoms with Gasteiger partial charge in [0, 0.05) is 18.1 Å².